The monoisotopic (exact) mass is 415 g/mol. The number of rotatable bonds is 6. The van der Waals surface area contributed by atoms with Crippen LogP contribution in [0.4, 0.5) is 0 Å². The van der Waals surface area contributed by atoms with Gasteiger partial charge in [0, 0.05) is 31.2 Å². The molecule has 1 aromatic carbocycles. The van der Waals surface area contributed by atoms with Crippen LogP contribution in [0.3, 0.4) is 0 Å². The molecule has 0 bridgehead atoms. The second-order valence-corrected chi connectivity index (χ2v) is 9.34. The van der Waals surface area contributed by atoms with Crippen LogP contribution in [0.5, 0.6) is 0 Å². The molecule has 6 nitrogen and oxygen atoms in total. The predicted octanol–water partition coefficient (Wildman–Crippen LogP) is 2.54. The fraction of sp³-hybridized carbons (Fsp3) is 0.632. The van der Waals surface area contributed by atoms with Crippen molar-refractivity contribution in [1.29, 1.82) is 0 Å². The van der Waals surface area contributed by atoms with Crippen LogP contribution in [0.25, 0.3) is 0 Å². The van der Waals surface area contributed by atoms with E-state index in [9.17, 15) is 13.2 Å². The molecule has 1 saturated heterocycles. The van der Waals surface area contributed by atoms with Crippen molar-refractivity contribution in [2.45, 2.75) is 61.9 Å². The van der Waals surface area contributed by atoms with E-state index >= 15 is 0 Å². The highest BCUT2D eigenvalue weighted by Gasteiger charge is 2.29. The Bertz CT molecular complexity index is 712. The lowest BCUT2D eigenvalue weighted by molar-refractivity contribution is 0.0950. The summed E-state index contributed by atoms with van der Waals surface area (Å²) in [4.78, 5) is 12.5. The van der Waals surface area contributed by atoms with E-state index in [1.807, 2.05) is 0 Å². The van der Waals surface area contributed by atoms with Gasteiger partial charge >= 0.3 is 0 Å². The Morgan fingerprint density at radius 1 is 1.11 bits per heavy atom. The summed E-state index contributed by atoms with van der Waals surface area (Å²) in [7, 11) is -1.85. The van der Waals surface area contributed by atoms with Crippen LogP contribution in [0, 0.1) is 0 Å². The van der Waals surface area contributed by atoms with Crippen LogP contribution >= 0.6 is 12.4 Å². The zero-order chi connectivity index (χ0) is 18.6. The largest absolute Gasteiger partial charge is 0.350 e. The Hall–Kier alpha value is -1.15. The third kappa shape index (κ3) is 5.44. The van der Waals surface area contributed by atoms with E-state index in [0.29, 0.717) is 18.2 Å². The molecule has 1 atom stereocenters. The van der Waals surface area contributed by atoms with Crippen LogP contribution in [-0.2, 0) is 10.0 Å². The molecule has 0 radical (unpaired) electrons. The smallest absolute Gasteiger partial charge is 0.251 e. The summed E-state index contributed by atoms with van der Waals surface area (Å²) in [6.45, 7) is 1.60. The first kappa shape index (κ1) is 22.1. The van der Waals surface area contributed by atoms with Gasteiger partial charge < -0.3 is 10.6 Å². The van der Waals surface area contributed by atoms with E-state index in [0.717, 1.165) is 45.1 Å². The molecule has 2 aliphatic rings. The van der Waals surface area contributed by atoms with Crippen LogP contribution in [0.15, 0.2) is 29.2 Å². The SMILES string of the molecule is CN(C1CCCCC1)S(=O)(=O)c1ccc(C(=O)NCC2CCCN2)cc1.Cl. The van der Waals surface area contributed by atoms with Gasteiger partial charge in [-0.05, 0) is 56.5 Å². The number of hydrogen-bond acceptors (Lipinski definition) is 4. The molecule has 1 unspecified atom stereocenters. The van der Waals surface area contributed by atoms with E-state index < -0.39 is 10.0 Å². The zero-order valence-electron chi connectivity index (χ0n) is 15.8. The lowest BCUT2D eigenvalue weighted by Crippen LogP contribution is -2.38. The van der Waals surface area contributed by atoms with Gasteiger partial charge in [0.15, 0.2) is 0 Å². The van der Waals surface area contributed by atoms with Gasteiger partial charge in [-0.2, -0.15) is 4.31 Å². The van der Waals surface area contributed by atoms with E-state index in [1.54, 1.807) is 19.2 Å². The van der Waals surface area contributed by atoms with Crippen molar-refractivity contribution in [2.75, 3.05) is 20.1 Å². The van der Waals surface area contributed by atoms with Gasteiger partial charge in [0.1, 0.15) is 0 Å². The Morgan fingerprint density at radius 3 is 2.37 bits per heavy atom. The third-order valence-corrected chi connectivity index (χ3v) is 7.48. The van der Waals surface area contributed by atoms with Gasteiger partial charge in [-0.15, -0.1) is 12.4 Å². The molecule has 0 aromatic heterocycles. The van der Waals surface area contributed by atoms with Crippen molar-refractivity contribution >= 4 is 28.3 Å². The molecule has 2 N–H and O–H groups in total. The molecule has 1 aliphatic carbocycles. The van der Waals surface area contributed by atoms with Crippen molar-refractivity contribution in [3.63, 3.8) is 0 Å². The Morgan fingerprint density at radius 2 is 1.78 bits per heavy atom. The average Bonchev–Trinajstić information content (AvgIpc) is 3.20. The third-order valence-electron chi connectivity index (χ3n) is 5.55. The van der Waals surface area contributed by atoms with Gasteiger partial charge in [0.2, 0.25) is 10.0 Å². The summed E-state index contributed by atoms with van der Waals surface area (Å²) >= 11 is 0. The van der Waals surface area contributed by atoms with Crippen molar-refractivity contribution in [2.24, 2.45) is 0 Å². The molecule has 1 amide bonds. The zero-order valence-corrected chi connectivity index (χ0v) is 17.4. The van der Waals surface area contributed by atoms with E-state index in [2.05, 4.69) is 10.6 Å². The van der Waals surface area contributed by atoms with E-state index in [-0.39, 0.29) is 29.3 Å². The summed E-state index contributed by atoms with van der Waals surface area (Å²) in [5.41, 5.74) is 0.488. The van der Waals surface area contributed by atoms with Crippen LogP contribution in [0.1, 0.15) is 55.3 Å². The minimum atomic E-state index is -3.51. The fourth-order valence-corrected chi connectivity index (χ4v) is 5.25. The van der Waals surface area contributed by atoms with Gasteiger partial charge in [-0.1, -0.05) is 19.3 Å². The standard InChI is InChI=1S/C19H29N3O3S.ClH/c1-22(17-7-3-2-4-8-17)26(24,25)18-11-9-15(10-12-18)19(23)21-14-16-6-5-13-20-16;/h9-12,16-17,20H,2-8,13-14H2,1H3,(H,21,23);1H. The highest BCUT2D eigenvalue weighted by Crippen LogP contribution is 2.26. The van der Waals surface area contributed by atoms with Crippen LogP contribution in [0.2, 0.25) is 0 Å². The second kappa shape index (κ2) is 9.87. The maximum Gasteiger partial charge on any atom is 0.251 e. The Balaban J connectivity index is 0.00000261. The topological polar surface area (TPSA) is 78.5 Å². The van der Waals surface area contributed by atoms with Crippen LogP contribution in [-0.4, -0.2) is 50.9 Å². The number of halogens is 1. The van der Waals surface area contributed by atoms with E-state index in [1.165, 1.54) is 22.9 Å². The second-order valence-electron chi connectivity index (χ2n) is 7.34. The minimum absolute atomic E-state index is 0. The van der Waals surface area contributed by atoms with Gasteiger partial charge in [0.05, 0.1) is 4.90 Å². The number of amides is 1. The molecule has 2 fully saturated rings. The normalized spacial score (nSPS) is 21.0. The molecule has 27 heavy (non-hydrogen) atoms. The maximum absolute atomic E-state index is 12.8. The number of nitrogens with zero attached hydrogens (tertiary/aromatic N) is 1. The maximum atomic E-state index is 12.8. The van der Waals surface area contributed by atoms with Crippen molar-refractivity contribution in [1.82, 2.24) is 14.9 Å². The van der Waals surface area contributed by atoms with Gasteiger partial charge in [-0.3, -0.25) is 4.79 Å². The van der Waals surface area contributed by atoms with Crippen molar-refractivity contribution in [3.05, 3.63) is 29.8 Å². The minimum Gasteiger partial charge on any atom is -0.350 e. The summed E-state index contributed by atoms with van der Waals surface area (Å²) < 4.78 is 27.2. The predicted molar refractivity (Wildman–Crippen MR) is 109 cm³/mol. The molecule has 1 aliphatic heterocycles. The number of carbonyl (C=O) groups excluding carboxylic acids is 1. The molecule has 3 rings (SSSR count). The molecular weight excluding hydrogens is 386 g/mol. The summed E-state index contributed by atoms with van der Waals surface area (Å²) in [5, 5.41) is 6.25. The first-order valence-corrected chi connectivity index (χ1v) is 11.0. The molecule has 1 saturated carbocycles. The summed E-state index contributed by atoms with van der Waals surface area (Å²) in [6, 6.07) is 6.69. The van der Waals surface area contributed by atoms with Crippen LogP contribution < -0.4 is 10.6 Å². The van der Waals surface area contributed by atoms with Gasteiger partial charge in [-0.25, -0.2) is 8.42 Å². The Kier molecular flexibility index (Phi) is 8.09. The fourth-order valence-electron chi connectivity index (χ4n) is 3.83. The number of carbonyl (C=O) groups is 1. The van der Waals surface area contributed by atoms with Gasteiger partial charge in [0.25, 0.3) is 5.91 Å². The molecule has 1 aromatic rings. The Labute approximate surface area is 168 Å². The molecule has 0 spiro atoms. The van der Waals surface area contributed by atoms with Crippen molar-refractivity contribution in [3.8, 4) is 0 Å². The number of benzene rings is 1. The highest BCUT2D eigenvalue weighted by molar-refractivity contribution is 7.89. The number of hydrogen-bond donors (Lipinski definition) is 2. The molecule has 1 heterocycles. The average molecular weight is 416 g/mol. The molecule has 152 valence electrons. The quantitative estimate of drug-likeness (QED) is 0.748. The highest BCUT2D eigenvalue weighted by atomic mass is 35.5. The number of nitrogens with one attached hydrogen (secondary N) is 2. The van der Waals surface area contributed by atoms with Crippen molar-refractivity contribution < 1.29 is 13.2 Å². The lowest BCUT2D eigenvalue weighted by Gasteiger charge is -2.30. The van der Waals surface area contributed by atoms with E-state index in [4.69, 9.17) is 0 Å². The molecular formula is C19H30ClN3O3S. The molecule has 8 heteroatoms. The lowest BCUT2D eigenvalue weighted by atomic mass is 9.96. The summed E-state index contributed by atoms with van der Waals surface area (Å²) in [5.74, 6) is -0.164. The first-order chi connectivity index (χ1) is 12.5. The first-order valence-electron chi connectivity index (χ1n) is 9.58. The summed E-state index contributed by atoms with van der Waals surface area (Å²) in [6.07, 6.45) is 7.41. The number of sulfonamides is 1.